The zero-order valence-electron chi connectivity index (χ0n) is 19.3. The van der Waals surface area contributed by atoms with Crippen LogP contribution in [-0.2, 0) is 22.2 Å². The van der Waals surface area contributed by atoms with Gasteiger partial charge in [0, 0.05) is 9.58 Å². The highest BCUT2D eigenvalue weighted by Crippen LogP contribution is 2.40. The minimum absolute atomic E-state index is 0.149. The molecule has 0 saturated heterocycles. The number of halogens is 3. The van der Waals surface area contributed by atoms with Crippen molar-refractivity contribution < 1.29 is 32.6 Å². The normalized spacial score (nSPS) is 12.4. The van der Waals surface area contributed by atoms with Crippen molar-refractivity contribution in [3.8, 4) is 5.75 Å². The fraction of sp³-hybridized carbons (Fsp3) is 0.360. The smallest absolute Gasteiger partial charge is 0.416 e. The van der Waals surface area contributed by atoms with Crippen molar-refractivity contribution in [1.29, 1.82) is 0 Å². The van der Waals surface area contributed by atoms with E-state index >= 15 is 0 Å². The number of alkyl halides is 3. The first-order valence-electron chi connectivity index (χ1n) is 10.7. The second-order valence-electron chi connectivity index (χ2n) is 8.19. The number of carboxylic acids is 1. The average molecular weight is 494 g/mol. The van der Waals surface area contributed by atoms with Crippen molar-refractivity contribution in [2.45, 2.75) is 45.7 Å². The number of nitrogens with zero attached hydrogens (tertiary/aromatic N) is 1. The Morgan fingerprint density at radius 3 is 2.50 bits per heavy atom. The molecule has 0 atom stereocenters. The standard InChI is InChI=1S/C25H26F3NO4S/c1-14(2)24-18-7-6-17(25(26,27)28)12-22(18)34-21(24)10-8-19(29-32-4)16-5-9-20(15(3)11-16)33-13-23(30)31/h5-7,9,11-12,14H,8,10,13H2,1-4H3,(H,30,31). The van der Waals surface area contributed by atoms with Gasteiger partial charge in [-0.2, -0.15) is 13.2 Å². The topological polar surface area (TPSA) is 68.1 Å². The number of carboxylic acid groups (broad SMARTS) is 1. The maximum absolute atomic E-state index is 13.2. The van der Waals surface area contributed by atoms with Gasteiger partial charge < -0.3 is 14.7 Å². The van der Waals surface area contributed by atoms with Crippen LogP contribution in [0, 0.1) is 6.92 Å². The SMILES string of the molecule is CON=C(CCc1sc2cc(C(F)(F)F)ccc2c1C(C)C)c1ccc(OCC(=O)O)c(C)c1. The number of ether oxygens (including phenoxy) is 1. The first kappa shape index (κ1) is 25.6. The monoisotopic (exact) mass is 493 g/mol. The van der Waals surface area contributed by atoms with Crippen LogP contribution in [0.25, 0.3) is 10.1 Å². The van der Waals surface area contributed by atoms with Crippen molar-refractivity contribution in [1.82, 2.24) is 0 Å². The predicted octanol–water partition coefficient (Wildman–Crippen LogP) is 6.80. The molecule has 0 radical (unpaired) electrons. The van der Waals surface area contributed by atoms with E-state index in [1.807, 2.05) is 26.8 Å². The highest BCUT2D eigenvalue weighted by atomic mass is 32.1. The van der Waals surface area contributed by atoms with Crippen LogP contribution in [0.4, 0.5) is 13.2 Å². The van der Waals surface area contributed by atoms with Crippen molar-refractivity contribution in [2.75, 3.05) is 13.7 Å². The van der Waals surface area contributed by atoms with Crippen LogP contribution in [0.2, 0.25) is 0 Å². The predicted molar refractivity (Wildman–Crippen MR) is 127 cm³/mol. The third kappa shape index (κ3) is 5.88. The average Bonchev–Trinajstić information content (AvgIpc) is 3.13. The second kappa shape index (κ2) is 10.5. The van der Waals surface area contributed by atoms with Crippen LogP contribution in [0.1, 0.15) is 53.3 Å². The summed E-state index contributed by atoms with van der Waals surface area (Å²) in [6, 6.07) is 9.25. The molecule has 1 N–H and O–H groups in total. The number of aryl methyl sites for hydroxylation is 2. The van der Waals surface area contributed by atoms with Crippen LogP contribution in [0.15, 0.2) is 41.6 Å². The van der Waals surface area contributed by atoms with E-state index in [1.165, 1.54) is 24.5 Å². The van der Waals surface area contributed by atoms with Gasteiger partial charge in [-0.1, -0.05) is 25.1 Å². The summed E-state index contributed by atoms with van der Waals surface area (Å²) in [6.07, 6.45) is -3.28. The summed E-state index contributed by atoms with van der Waals surface area (Å²) >= 11 is 1.38. The third-order valence-electron chi connectivity index (χ3n) is 5.36. The Hall–Kier alpha value is -3.07. The van der Waals surface area contributed by atoms with E-state index in [-0.39, 0.29) is 5.92 Å². The van der Waals surface area contributed by atoms with Crippen LogP contribution in [0.3, 0.4) is 0 Å². The Kier molecular flexibility index (Phi) is 7.86. The van der Waals surface area contributed by atoms with Gasteiger partial charge in [0.2, 0.25) is 0 Å². The summed E-state index contributed by atoms with van der Waals surface area (Å²) in [6.45, 7) is 5.45. The molecule has 5 nitrogen and oxygen atoms in total. The van der Waals surface area contributed by atoms with Gasteiger partial charge >= 0.3 is 12.1 Å². The molecule has 0 spiro atoms. The van der Waals surface area contributed by atoms with E-state index in [0.29, 0.717) is 29.0 Å². The lowest BCUT2D eigenvalue weighted by Gasteiger charge is -2.12. The van der Waals surface area contributed by atoms with E-state index in [1.54, 1.807) is 18.2 Å². The lowest BCUT2D eigenvalue weighted by Crippen LogP contribution is -2.10. The van der Waals surface area contributed by atoms with Gasteiger partial charge in [-0.05, 0) is 78.1 Å². The fourth-order valence-electron chi connectivity index (χ4n) is 3.88. The van der Waals surface area contributed by atoms with Crippen LogP contribution >= 0.6 is 11.3 Å². The van der Waals surface area contributed by atoms with E-state index in [0.717, 1.165) is 33.0 Å². The number of fused-ring (bicyclic) bond motifs is 1. The molecule has 3 rings (SSSR count). The molecule has 34 heavy (non-hydrogen) atoms. The number of rotatable bonds is 9. The number of hydrogen-bond acceptors (Lipinski definition) is 5. The molecule has 0 aliphatic heterocycles. The molecule has 1 aromatic heterocycles. The summed E-state index contributed by atoms with van der Waals surface area (Å²) < 4.78 is 45.5. The Balaban J connectivity index is 1.88. The van der Waals surface area contributed by atoms with Crippen LogP contribution < -0.4 is 4.74 Å². The van der Waals surface area contributed by atoms with Gasteiger partial charge in [0.15, 0.2) is 6.61 Å². The molecule has 182 valence electrons. The second-order valence-corrected chi connectivity index (χ2v) is 9.32. The Morgan fingerprint density at radius 2 is 1.91 bits per heavy atom. The number of benzene rings is 2. The molecular formula is C25H26F3NO4S. The zero-order valence-corrected chi connectivity index (χ0v) is 20.1. The number of oxime groups is 1. The van der Waals surface area contributed by atoms with Crippen LogP contribution in [0.5, 0.6) is 5.75 Å². The molecule has 3 aromatic rings. The minimum atomic E-state index is -4.38. The fourth-order valence-corrected chi connectivity index (χ4v) is 5.28. The van der Waals surface area contributed by atoms with E-state index in [9.17, 15) is 18.0 Å². The molecule has 0 fully saturated rings. The molecule has 0 aliphatic carbocycles. The highest BCUT2D eigenvalue weighted by molar-refractivity contribution is 7.19. The summed E-state index contributed by atoms with van der Waals surface area (Å²) in [7, 11) is 1.45. The number of carbonyl (C=O) groups is 1. The lowest BCUT2D eigenvalue weighted by molar-refractivity contribution is -0.139. The Labute approximate surface area is 199 Å². The highest BCUT2D eigenvalue weighted by Gasteiger charge is 2.31. The molecule has 0 amide bonds. The zero-order chi connectivity index (χ0) is 25.0. The molecule has 0 unspecified atom stereocenters. The van der Waals surface area contributed by atoms with Gasteiger partial charge in [0.25, 0.3) is 0 Å². The lowest BCUT2D eigenvalue weighted by atomic mass is 9.95. The van der Waals surface area contributed by atoms with Gasteiger partial charge in [0.05, 0.1) is 11.3 Å². The van der Waals surface area contributed by atoms with Gasteiger partial charge in [0.1, 0.15) is 12.9 Å². The summed E-state index contributed by atoms with van der Waals surface area (Å²) in [5.74, 6) is -0.442. The Morgan fingerprint density at radius 1 is 1.18 bits per heavy atom. The molecule has 0 saturated carbocycles. The largest absolute Gasteiger partial charge is 0.482 e. The number of thiophene rings is 1. The molecular weight excluding hydrogens is 467 g/mol. The van der Waals surface area contributed by atoms with Crippen molar-refractivity contribution in [3.63, 3.8) is 0 Å². The quantitative estimate of drug-likeness (QED) is 0.263. The van der Waals surface area contributed by atoms with Crippen LogP contribution in [-0.4, -0.2) is 30.5 Å². The molecule has 0 aliphatic rings. The maximum atomic E-state index is 13.2. The van der Waals surface area contributed by atoms with E-state index in [4.69, 9.17) is 14.7 Å². The summed E-state index contributed by atoms with van der Waals surface area (Å²) in [4.78, 5) is 16.8. The van der Waals surface area contributed by atoms with Crippen molar-refractivity contribution in [3.05, 3.63) is 63.5 Å². The molecule has 2 aromatic carbocycles. The van der Waals surface area contributed by atoms with Crippen molar-refractivity contribution >= 4 is 33.1 Å². The molecule has 9 heteroatoms. The van der Waals surface area contributed by atoms with E-state index in [2.05, 4.69) is 5.16 Å². The minimum Gasteiger partial charge on any atom is -0.482 e. The summed E-state index contributed by atoms with van der Waals surface area (Å²) in [5.41, 5.74) is 2.64. The van der Waals surface area contributed by atoms with Crippen molar-refractivity contribution in [2.24, 2.45) is 5.16 Å². The molecule has 0 bridgehead atoms. The first-order chi connectivity index (χ1) is 16.0. The number of hydrogen-bond donors (Lipinski definition) is 1. The first-order valence-corrected chi connectivity index (χ1v) is 11.5. The maximum Gasteiger partial charge on any atom is 0.416 e. The van der Waals surface area contributed by atoms with E-state index < -0.39 is 24.3 Å². The third-order valence-corrected chi connectivity index (χ3v) is 6.59. The molecule has 1 heterocycles. The Bertz CT molecular complexity index is 1210. The summed E-state index contributed by atoms with van der Waals surface area (Å²) in [5, 5.41) is 13.8. The van der Waals surface area contributed by atoms with Gasteiger partial charge in [-0.3, -0.25) is 0 Å². The van der Waals surface area contributed by atoms with Gasteiger partial charge in [-0.15, -0.1) is 11.3 Å². The van der Waals surface area contributed by atoms with Gasteiger partial charge in [-0.25, -0.2) is 4.79 Å². The number of aliphatic carboxylic acids is 1.